The highest BCUT2D eigenvalue weighted by Gasteiger charge is 2.25. The lowest BCUT2D eigenvalue weighted by atomic mass is 10.2. The summed E-state index contributed by atoms with van der Waals surface area (Å²) in [5.74, 6) is -0.172. The first-order valence-electron chi connectivity index (χ1n) is 7.71. The molecule has 1 aromatic carbocycles. The van der Waals surface area contributed by atoms with Crippen LogP contribution in [0.1, 0.15) is 11.3 Å². The Morgan fingerprint density at radius 3 is 2.92 bits per heavy atom. The maximum atomic E-state index is 12.6. The molecule has 2 aromatic heterocycles. The van der Waals surface area contributed by atoms with Crippen molar-refractivity contribution >= 4 is 22.6 Å². The summed E-state index contributed by atoms with van der Waals surface area (Å²) >= 11 is 0. The minimum absolute atomic E-state index is 0.139. The van der Waals surface area contributed by atoms with Gasteiger partial charge in [0.15, 0.2) is 5.52 Å². The Hall–Kier alpha value is -3.03. The van der Waals surface area contributed by atoms with E-state index in [0.717, 1.165) is 22.4 Å². The molecular formula is C16H16N6O2. The van der Waals surface area contributed by atoms with Crippen molar-refractivity contribution in [3.8, 4) is 0 Å². The zero-order chi connectivity index (χ0) is 16.8. The van der Waals surface area contributed by atoms with Crippen LogP contribution in [0, 0.1) is 6.92 Å². The van der Waals surface area contributed by atoms with Gasteiger partial charge in [-0.3, -0.25) is 14.3 Å². The normalized spacial score (nSPS) is 13.5. The summed E-state index contributed by atoms with van der Waals surface area (Å²) in [5, 5.41) is 12.1. The van der Waals surface area contributed by atoms with E-state index >= 15 is 0 Å². The topological polar surface area (TPSA) is 85.9 Å². The number of carbonyl (C=O) groups excluding carboxylic acids is 1. The number of hydrogen-bond acceptors (Lipinski definition) is 5. The molecule has 0 spiro atoms. The molecule has 4 rings (SSSR count). The van der Waals surface area contributed by atoms with E-state index in [4.69, 9.17) is 0 Å². The Labute approximate surface area is 137 Å². The van der Waals surface area contributed by atoms with Crippen molar-refractivity contribution in [3.63, 3.8) is 0 Å². The van der Waals surface area contributed by atoms with Crippen molar-refractivity contribution in [1.82, 2.24) is 24.8 Å². The lowest BCUT2D eigenvalue weighted by Crippen LogP contribution is -2.37. The van der Waals surface area contributed by atoms with Crippen molar-refractivity contribution in [2.75, 3.05) is 11.4 Å². The molecule has 1 amide bonds. The summed E-state index contributed by atoms with van der Waals surface area (Å²) in [6, 6.07) is 7.80. The molecular weight excluding hydrogens is 308 g/mol. The third-order valence-electron chi connectivity index (χ3n) is 4.35. The standard InChI is InChI=1S/C16H16N6O2/c1-10-14-15(20(2)18-10)16(24)22(19-17-14)9-13(23)21-8-7-11-5-3-4-6-12(11)21/h3-6H,7-9H2,1-2H3. The van der Waals surface area contributed by atoms with E-state index in [-0.39, 0.29) is 18.0 Å². The van der Waals surface area contributed by atoms with E-state index in [1.54, 1.807) is 18.9 Å². The number of aryl methyl sites for hydroxylation is 2. The zero-order valence-electron chi connectivity index (χ0n) is 13.4. The van der Waals surface area contributed by atoms with Crippen LogP contribution in [-0.2, 0) is 24.8 Å². The quantitative estimate of drug-likeness (QED) is 0.682. The minimum atomic E-state index is -0.357. The molecule has 0 unspecified atom stereocenters. The van der Waals surface area contributed by atoms with Crippen LogP contribution in [0.15, 0.2) is 29.1 Å². The molecule has 0 atom stereocenters. The average molecular weight is 324 g/mol. The maximum absolute atomic E-state index is 12.6. The molecule has 0 radical (unpaired) electrons. The smallest absolute Gasteiger partial charge is 0.296 e. The maximum Gasteiger partial charge on any atom is 0.296 e. The van der Waals surface area contributed by atoms with Gasteiger partial charge in [-0.2, -0.15) is 9.78 Å². The largest absolute Gasteiger partial charge is 0.310 e. The van der Waals surface area contributed by atoms with E-state index in [1.165, 1.54) is 4.68 Å². The Morgan fingerprint density at radius 2 is 2.08 bits per heavy atom. The summed E-state index contributed by atoms with van der Waals surface area (Å²) in [7, 11) is 1.68. The Kier molecular flexibility index (Phi) is 3.19. The highest BCUT2D eigenvalue weighted by molar-refractivity contribution is 5.95. The fourth-order valence-corrected chi connectivity index (χ4v) is 3.18. The molecule has 0 fully saturated rings. The summed E-state index contributed by atoms with van der Waals surface area (Å²) in [4.78, 5) is 26.9. The van der Waals surface area contributed by atoms with Gasteiger partial charge in [-0.1, -0.05) is 23.4 Å². The summed E-state index contributed by atoms with van der Waals surface area (Å²) in [6.07, 6.45) is 0.822. The molecule has 8 heteroatoms. The Bertz CT molecular complexity index is 1020. The van der Waals surface area contributed by atoms with Crippen molar-refractivity contribution in [3.05, 3.63) is 45.9 Å². The second kappa shape index (κ2) is 5.26. The van der Waals surface area contributed by atoms with E-state index < -0.39 is 0 Å². The first-order valence-corrected chi connectivity index (χ1v) is 7.71. The molecule has 1 aliphatic rings. The molecule has 8 nitrogen and oxygen atoms in total. The van der Waals surface area contributed by atoms with Gasteiger partial charge in [-0.25, -0.2) is 0 Å². The van der Waals surface area contributed by atoms with Crippen molar-refractivity contribution < 1.29 is 4.79 Å². The number of anilines is 1. The molecule has 0 N–H and O–H groups in total. The predicted octanol–water partition coefficient (Wildman–Crippen LogP) is 0.423. The van der Waals surface area contributed by atoms with Gasteiger partial charge in [0, 0.05) is 19.3 Å². The number of nitrogens with zero attached hydrogens (tertiary/aromatic N) is 6. The van der Waals surface area contributed by atoms with Gasteiger partial charge in [0.25, 0.3) is 5.56 Å². The van der Waals surface area contributed by atoms with E-state index in [0.29, 0.717) is 23.3 Å². The fourth-order valence-electron chi connectivity index (χ4n) is 3.18. The summed E-state index contributed by atoms with van der Waals surface area (Å²) in [6.45, 7) is 2.25. The zero-order valence-corrected chi connectivity index (χ0v) is 13.4. The molecule has 0 bridgehead atoms. The van der Waals surface area contributed by atoms with Crippen LogP contribution in [0.2, 0.25) is 0 Å². The van der Waals surface area contributed by atoms with Crippen LogP contribution in [0.4, 0.5) is 5.69 Å². The van der Waals surface area contributed by atoms with E-state index in [1.807, 2.05) is 24.3 Å². The van der Waals surface area contributed by atoms with Gasteiger partial charge < -0.3 is 4.90 Å². The summed E-state index contributed by atoms with van der Waals surface area (Å²) < 4.78 is 2.58. The first-order chi connectivity index (χ1) is 11.6. The monoisotopic (exact) mass is 324 g/mol. The van der Waals surface area contributed by atoms with Crippen LogP contribution in [0.25, 0.3) is 11.0 Å². The van der Waals surface area contributed by atoms with Gasteiger partial charge in [0.1, 0.15) is 12.1 Å². The SMILES string of the molecule is Cc1nn(C)c2c(=O)n(CC(=O)N3CCc4ccccc43)nnc12. The lowest BCUT2D eigenvalue weighted by molar-refractivity contribution is -0.119. The number of fused-ring (bicyclic) bond motifs is 2. The first kappa shape index (κ1) is 14.6. The molecule has 24 heavy (non-hydrogen) atoms. The Morgan fingerprint density at radius 1 is 1.29 bits per heavy atom. The molecule has 0 saturated heterocycles. The van der Waals surface area contributed by atoms with Crippen molar-refractivity contribution in [2.45, 2.75) is 19.9 Å². The van der Waals surface area contributed by atoms with Crippen LogP contribution in [0.5, 0.6) is 0 Å². The van der Waals surface area contributed by atoms with E-state index in [9.17, 15) is 9.59 Å². The van der Waals surface area contributed by atoms with Crippen LogP contribution in [-0.4, -0.2) is 37.2 Å². The predicted molar refractivity (Wildman–Crippen MR) is 87.8 cm³/mol. The molecule has 3 heterocycles. The molecule has 122 valence electrons. The molecule has 3 aromatic rings. The fraction of sp³-hybridized carbons (Fsp3) is 0.312. The van der Waals surface area contributed by atoms with Gasteiger partial charge in [0.2, 0.25) is 5.91 Å². The van der Waals surface area contributed by atoms with Crippen LogP contribution >= 0.6 is 0 Å². The Balaban J connectivity index is 1.68. The number of benzene rings is 1. The molecule has 0 aliphatic carbocycles. The van der Waals surface area contributed by atoms with Gasteiger partial charge in [-0.05, 0) is 25.0 Å². The third-order valence-corrected chi connectivity index (χ3v) is 4.35. The number of amides is 1. The van der Waals surface area contributed by atoms with Gasteiger partial charge in [-0.15, -0.1) is 5.10 Å². The minimum Gasteiger partial charge on any atom is -0.310 e. The second-order valence-corrected chi connectivity index (χ2v) is 5.88. The number of aromatic nitrogens is 5. The van der Waals surface area contributed by atoms with E-state index in [2.05, 4.69) is 15.4 Å². The van der Waals surface area contributed by atoms with Crippen LogP contribution in [0.3, 0.4) is 0 Å². The number of rotatable bonds is 2. The second-order valence-electron chi connectivity index (χ2n) is 5.88. The number of para-hydroxylation sites is 1. The third kappa shape index (κ3) is 2.10. The number of hydrogen-bond donors (Lipinski definition) is 0. The molecule has 0 saturated carbocycles. The van der Waals surface area contributed by atoms with Gasteiger partial charge in [0.05, 0.1) is 5.69 Å². The lowest BCUT2D eigenvalue weighted by Gasteiger charge is -2.17. The average Bonchev–Trinajstić information content (AvgIpc) is 3.11. The molecule has 1 aliphatic heterocycles. The summed E-state index contributed by atoms with van der Waals surface area (Å²) in [5.41, 5.74) is 3.16. The van der Waals surface area contributed by atoms with Crippen molar-refractivity contribution in [1.29, 1.82) is 0 Å². The van der Waals surface area contributed by atoms with Crippen molar-refractivity contribution in [2.24, 2.45) is 7.05 Å². The highest BCUT2D eigenvalue weighted by atomic mass is 16.2. The number of carbonyl (C=O) groups is 1. The van der Waals surface area contributed by atoms with Gasteiger partial charge >= 0.3 is 0 Å². The highest BCUT2D eigenvalue weighted by Crippen LogP contribution is 2.27. The van der Waals surface area contributed by atoms with Crippen LogP contribution < -0.4 is 10.5 Å².